The van der Waals surface area contributed by atoms with E-state index in [1.165, 1.54) is 5.69 Å². The van der Waals surface area contributed by atoms with Crippen LogP contribution in [-0.2, 0) is 9.53 Å². The minimum Gasteiger partial charge on any atom is -0.475 e. The number of benzene rings is 1. The highest BCUT2D eigenvalue weighted by Gasteiger charge is 2.38. The van der Waals surface area contributed by atoms with Crippen molar-refractivity contribution in [2.24, 2.45) is 0 Å². The van der Waals surface area contributed by atoms with E-state index in [2.05, 4.69) is 30.7 Å². The molecule has 41 heavy (non-hydrogen) atoms. The van der Waals surface area contributed by atoms with Crippen molar-refractivity contribution < 1.29 is 37.4 Å². The van der Waals surface area contributed by atoms with Crippen molar-refractivity contribution >= 4 is 29.3 Å². The Bertz CT molecular complexity index is 1110. The van der Waals surface area contributed by atoms with E-state index in [0.29, 0.717) is 24.4 Å². The van der Waals surface area contributed by atoms with Crippen molar-refractivity contribution in [2.75, 3.05) is 62.6 Å². The number of carboxylic acids is 1. The van der Waals surface area contributed by atoms with Gasteiger partial charge >= 0.3 is 24.1 Å². The van der Waals surface area contributed by atoms with Crippen LogP contribution in [0.15, 0.2) is 48.8 Å². The molecule has 1 atom stereocenters. The number of nitrogens with one attached hydrogen (secondary N) is 3. The molecule has 2 amide bonds. The van der Waals surface area contributed by atoms with Gasteiger partial charge in [0.05, 0.1) is 5.56 Å². The molecule has 14 heteroatoms. The summed E-state index contributed by atoms with van der Waals surface area (Å²) in [5.41, 5.74) is 2.34. The number of hydrogen-bond acceptors (Lipinski definition) is 8. The Kier molecular flexibility index (Phi) is 12.2. The quantitative estimate of drug-likeness (QED) is 0.261. The summed E-state index contributed by atoms with van der Waals surface area (Å²) in [6, 6.07) is 10.9. The number of aromatic nitrogens is 1. The van der Waals surface area contributed by atoms with Crippen LogP contribution in [0.4, 0.5) is 29.3 Å². The third kappa shape index (κ3) is 11.2. The number of urea groups is 1. The number of carbonyl (C=O) groups excluding carboxylic acids is 2. The fourth-order valence-corrected chi connectivity index (χ4v) is 4.31. The molecular weight excluding hydrogens is 545 g/mol. The molecular formula is C27H35F3N6O5. The van der Waals surface area contributed by atoms with Gasteiger partial charge in [-0.25, -0.2) is 14.4 Å². The minimum atomic E-state index is -5.08. The molecule has 2 fully saturated rings. The number of carbonyl (C=O) groups is 3. The van der Waals surface area contributed by atoms with Crippen LogP contribution in [0.25, 0.3) is 0 Å². The first kappa shape index (κ1) is 31.6. The van der Waals surface area contributed by atoms with Gasteiger partial charge in [-0.2, -0.15) is 13.2 Å². The summed E-state index contributed by atoms with van der Waals surface area (Å²) in [5.74, 6) is -3.10. The molecule has 224 valence electrons. The van der Waals surface area contributed by atoms with Crippen LogP contribution in [0, 0.1) is 0 Å². The predicted molar refractivity (Wildman–Crippen MR) is 146 cm³/mol. The van der Waals surface area contributed by atoms with Crippen LogP contribution in [0.5, 0.6) is 0 Å². The Morgan fingerprint density at radius 1 is 1.05 bits per heavy atom. The molecule has 0 spiro atoms. The molecule has 4 N–H and O–H groups in total. The number of alkyl halides is 3. The molecule has 1 unspecified atom stereocenters. The van der Waals surface area contributed by atoms with Crippen molar-refractivity contribution in [1.82, 2.24) is 20.5 Å². The second-order valence-corrected chi connectivity index (χ2v) is 9.54. The lowest BCUT2D eigenvalue weighted by Gasteiger charge is -2.36. The van der Waals surface area contributed by atoms with Gasteiger partial charge < -0.3 is 30.7 Å². The summed E-state index contributed by atoms with van der Waals surface area (Å²) in [5, 5.41) is 16.1. The maximum Gasteiger partial charge on any atom is 0.490 e. The first-order valence-electron chi connectivity index (χ1n) is 13.3. The lowest BCUT2D eigenvalue weighted by Crippen LogP contribution is -2.47. The molecule has 2 aromatic rings. The molecule has 0 bridgehead atoms. The molecule has 2 saturated heterocycles. The highest BCUT2D eigenvalue weighted by Crippen LogP contribution is 2.15. The predicted octanol–water partition coefficient (Wildman–Crippen LogP) is 2.96. The number of halogens is 3. The van der Waals surface area contributed by atoms with Crippen LogP contribution < -0.4 is 20.9 Å². The lowest BCUT2D eigenvalue weighted by molar-refractivity contribution is -0.192. The van der Waals surface area contributed by atoms with E-state index in [1.807, 2.05) is 24.5 Å². The monoisotopic (exact) mass is 580 g/mol. The van der Waals surface area contributed by atoms with Crippen molar-refractivity contribution in [1.29, 1.82) is 0 Å². The maximum absolute atomic E-state index is 12.2. The van der Waals surface area contributed by atoms with Crippen LogP contribution in [0.1, 0.15) is 29.6 Å². The van der Waals surface area contributed by atoms with Gasteiger partial charge in [0.25, 0.3) is 0 Å². The molecule has 2 aliphatic heterocycles. The van der Waals surface area contributed by atoms with Gasteiger partial charge in [-0.3, -0.25) is 9.88 Å². The number of amides is 2. The second-order valence-electron chi connectivity index (χ2n) is 9.54. The zero-order chi connectivity index (χ0) is 29.7. The molecule has 4 rings (SSSR count). The SMILES string of the molecule is O=C(NCCCN1CCN(c2ccncc2)CC1)Nc1ccc(C(=O)OCC2CCCN2)cc1.O=C(O)C(F)(F)F. The average Bonchev–Trinajstić information content (AvgIpc) is 3.49. The number of piperazine rings is 1. The van der Waals surface area contributed by atoms with Gasteiger partial charge in [-0.15, -0.1) is 0 Å². The Morgan fingerprint density at radius 3 is 2.29 bits per heavy atom. The Labute approximate surface area is 236 Å². The van der Waals surface area contributed by atoms with Gasteiger partial charge in [0.1, 0.15) is 6.61 Å². The fourth-order valence-electron chi connectivity index (χ4n) is 4.31. The van der Waals surface area contributed by atoms with Gasteiger partial charge in [-0.1, -0.05) is 0 Å². The molecule has 1 aromatic carbocycles. The summed E-state index contributed by atoms with van der Waals surface area (Å²) < 4.78 is 37.1. The van der Waals surface area contributed by atoms with Crippen molar-refractivity contribution in [3.63, 3.8) is 0 Å². The van der Waals surface area contributed by atoms with Gasteiger partial charge in [-0.05, 0) is 68.8 Å². The number of pyridine rings is 1. The molecule has 11 nitrogen and oxygen atoms in total. The number of ether oxygens (including phenoxy) is 1. The lowest BCUT2D eigenvalue weighted by atomic mass is 10.2. The van der Waals surface area contributed by atoms with Gasteiger partial charge in [0.2, 0.25) is 0 Å². The summed E-state index contributed by atoms with van der Waals surface area (Å²) >= 11 is 0. The first-order valence-corrected chi connectivity index (χ1v) is 13.3. The Balaban J connectivity index is 0.000000587. The Hall–Kier alpha value is -3.91. The number of esters is 1. The molecule has 0 radical (unpaired) electrons. The number of rotatable bonds is 9. The Morgan fingerprint density at radius 2 is 1.71 bits per heavy atom. The fraction of sp³-hybridized carbons (Fsp3) is 0.481. The first-order chi connectivity index (χ1) is 19.6. The van der Waals surface area contributed by atoms with Crippen LogP contribution >= 0.6 is 0 Å². The smallest absolute Gasteiger partial charge is 0.475 e. The van der Waals surface area contributed by atoms with E-state index >= 15 is 0 Å². The highest BCUT2D eigenvalue weighted by molar-refractivity contribution is 5.92. The highest BCUT2D eigenvalue weighted by atomic mass is 19.4. The average molecular weight is 581 g/mol. The molecule has 1 aromatic heterocycles. The number of hydrogen-bond donors (Lipinski definition) is 4. The van der Waals surface area contributed by atoms with Crippen LogP contribution in [-0.4, -0.2) is 97.6 Å². The molecule has 0 aliphatic carbocycles. The van der Waals surface area contributed by atoms with Crippen molar-refractivity contribution in [3.05, 3.63) is 54.4 Å². The second kappa shape index (κ2) is 15.8. The van der Waals surface area contributed by atoms with Crippen LogP contribution in [0.2, 0.25) is 0 Å². The van der Waals surface area contributed by atoms with Crippen molar-refractivity contribution in [2.45, 2.75) is 31.5 Å². The summed E-state index contributed by atoms with van der Waals surface area (Å²) in [7, 11) is 0. The van der Waals surface area contributed by atoms with Gasteiger partial charge in [0.15, 0.2) is 0 Å². The summed E-state index contributed by atoms with van der Waals surface area (Å²) in [6.07, 6.45) is 1.62. The number of anilines is 2. The molecule has 3 heterocycles. The summed E-state index contributed by atoms with van der Waals surface area (Å²) in [6.45, 7) is 6.96. The molecule has 2 aliphatic rings. The molecule has 0 saturated carbocycles. The van der Waals surface area contributed by atoms with E-state index < -0.39 is 12.1 Å². The largest absolute Gasteiger partial charge is 0.490 e. The zero-order valence-corrected chi connectivity index (χ0v) is 22.5. The van der Waals surface area contributed by atoms with E-state index in [0.717, 1.165) is 58.5 Å². The zero-order valence-electron chi connectivity index (χ0n) is 22.5. The number of nitrogens with zero attached hydrogens (tertiary/aromatic N) is 3. The van der Waals surface area contributed by atoms with Crippen molar-refractivity contribution in [3.8, 4) is 0 Å². The maximum atomic E-state index is 12.2. The normalized spacial score (nSPS) is 17.2. The number of aliphatic carboxylic acids is 1. The van der Waals surface area contributed by atoms with E-state index in [1.54, 1.807) is 24.3 Å². The van der Waals surface area contributed by atoms with E-state index in [9.17, 15) is 22.8 Å². The topological polar surface area (TPSA) is 136 Å². The third-order valence-corrected chi connectivity index (χ3v) is 6.54. The van der Waals surface area contributed by atoms with Gasteiger partial charge in [0, 0.05) is 62.5 Å². The van der Waals surface area contributed by atoms with E-state index in [-0.39, 0.29) is 18.0 Å². The minimum absolute atomic E-state index is 0.245. The third-order valence-electron chi connectivity index (χ3n) is 6.54. The number of carboxylic acid groups (broad SMARTS) is 1. The summed E-state index contributed by atoms with van der Waals surface area (Å²) in [4.78, 5) is 42.1. The standard InChI is InChI=1S/C25H34N6O3.C2HF3O2/c32-24(34-19-22-3-1-10-27-22)20-4-6-21(7-5-20)29-25(33)28-11-2-14-30-15-17-31(18-16-30)23-8-12-26-13-9-23;3-2(4,5)1(6)7/h4-9,12-13,22,27H,1-3,10-11,14-19H2,(H2,28,29,33);(H,6,7). The van der Waals surface area contributed by atoms with Crippen LogP contribution in [0.3, 0.4) is 0 Å². The van der Waals surface area contributed by atoms with E-state index in [4.69, 9.17) is 14.6 Å².